The van der Waals surface area contributed by atoms with Crippen LogP contribution in [0.2, 0.25) is 0 Å². The van der Waals surface area contributed by atoms with Crippen LogP contribution in [0.1, 0.15) is 59.3 Å². The van der Waals surface area contributed by atoms with E-state index in [-0.39, 0.29) is 29.1 Å². The van der Waals surface area contributed by atoms with Crippen molar-refractivity contribution in [1.82, 2.24) is 5.32 Å². The molecule has 120 valence electrons. The van der Waals surface area contributed by atoms with Crippen LogP contribution in [0.25, 0.3) is 0 Å². The molecule has 0 fully saturated rings. The fourth-order valence-electron chi connectivity index (χ4n) is 0.326. The van der Waals surface area contributed by atoms with Crippen molar-refractivity contribution in [3.63, 3.8) is 0 Å². The summed E-state index contributed by atoms with van der Waals surface area (Å²) >= 11 is 5.20. The standard InChI is InChI=1S/C5H2ClFN.3C4H9.Sn/c6-5-4(7)2-1-3-8-5;3*1-3-4-2;/h2-3H;3*1,3-4H2,2H3;. The van der Waals surface area contributed by atoms with Crippen molar-refractivity contribution in [3.8, 4) is 0 Å². The first-order chi connectivity index (χ1) is 9.55. The molecule has 0 aromatic carbocycles. The molecular formula is C17H29ClFNSn. The minimum atomic E-state index is -0.533. The molecule has 0 spiro atoms. The molecule has 0 saturated heterocycles. The first-order valence-electron chi connectivity index (χ1n) is 7.10. The van der Waals surface area contributed by atoms with Crippen molar-refractivity contribution < 1.29 is 4.39 Å². The number of nitrogens with zero attached hydrogens (tertiary/aromatic N) is 1. The Morgan fingerprint density at radius 2 is 1.38 bits per heavy atom. The topological polar surface area (TPSA) is 14.1 Å². The first kappa shape index (κ1) is 29.1. The summed E-state index contributed by atoms with van der Waals surface area (Å²) in [4.78, 5) is 0. The maximum atomic E-state index is 12.1. The van der Waals surface area contributed by atoms with Gasteiger partial charge in [-0.15, -0.1) is 0 Å². The summed E-state index contributed by atoms with van der Waals surface area (Å²) in [6, 6.07) is 0. The number of allylic oxidation sites excluding steroid dienone is 2. The van der Waals surface area contributed by atoms with Gasteiger partial charge in [-0.1, -0.05) is 97.4 Å². The fourth-order valence-corrected chi connectivity index (χ4v) is 0.429. The molecule has 0 saturated carbocycles. The average molecular weight is 421 g/mol. The normalized spacial score (nSPS) is 10.7. The van der Waals surface area contributed by atoms with Gasteiger partial charge < -0.3 is 0 Å². The fraction of sp³-hybridized carbons (Fsp3) is 0.529. The van der Waals surface area contributed by atoms with E-state index in [2.05, 4.69) is 52.6 Å². The predicted molar refractivity (Wildman–Crippen MR) is 95.3 cm³/mol. The molecule has 21 heavy (non-hydrogen) atoms. The molecule has 4 heteroatoms. The van der Waals surface area contributed by atoms with Crippen LogP contribution >= 0.6 is 11.6 Å². The Labute approximate surface area is 154 Å². The molecular weight excluding hydrogens is 391 g/mol. The number of hydrogen-bond donors (Lipinski definition) is 0. The van der Waals surface area contributed by atoms with E-state index in [4.69, 9.17) is 11.6 Å². The second-order valence-electron chi connectivity index (χ2n) is 3.77. The van der Waals surface area contributed by atoms with Crippen LogP contribution in [0, 0.1) is 20.8 Å². The molecule has 0 amide bonds. The molecule has 8 radical (unpaired) electrons. The van der Waals surface area contributed by atoms with Crippen molar-refractivity contribution in [2.45, 2.75) is 59.3 Å². The van der Waals surface area contributed by atoms with E-state index >= 15 is 0 Å². The number of hydrogen-bond acceptors (Lipinski definition) is 0. The van der Waals surface area contributed by atoms with E-state index in [1.54, 1.807) is 0 Å². The SMILES string of the molecule is FC1=C(Cl)[N]C=C=C1.[CH2]CCC.[CH2]CCC.[CH2]CCC.[Sn]. The molecule has 0 N–H and O–H groups in total. The van der Waals surface area contributed by atoms with E-state index in [9.17, 15) is 4.39 Å². The Kier molecular flexibility index (Phi) is 39.2. The van der Waals surface area contributed by atoms with E-state index in [0.717, 1.165) is 25.3 Å². The van der Waals surface area contributed by atoms with Gasteiger partial charge in [-0.3, -0.25) is 0 Å². The van der Waals surface area contributed by atoms with Crippen molar-refractivity contribution in [2.75, 3.05) is 0 Å². The van der Waals surface area contributed by atoms with Crippen molar-refractivity contribution in [1.29, 1.82) is 0 Å². The minimum absolute atomic E-state index is 0. The van der Waals surface area contributed by atoms with Crippen LogP contribution < -0.4 is 5.32 Å². The second-order valence-corrected chi connectivity index (χ2v) is 4.13. The zero-order valence-corrected chi connectivity index (χ0v) is 17.3. The monoisotopic (exact) mass is 421 g/mol. The first-order valence-corrected chi connectivity index (χ1v) is 7.48. The van der Waals surface area contributed by atoms with Gasteiger partial charge in [-0.25, -0.2) is 9.71 Å². The van der Waals surface area contributed by atoms with Gasteiger partial charge in [-0.05, 0) is 0 Å². The van der Waals surface area contributed by atoms with Crippen LogP contribution in [0.5, 0.6) is 0 Å². The largest absolute Gasteiger partial charge is 0.233 e. The van der Waals surface area contributed by atoms with Crippen LogP contribution in [0.4, 0.5) is 4.39 Å². The molecule has 1 heterocycles. The Morgan fingerprint density at radius 1 is 1.05 bits per heavy atom. The zero-order chi connectivity index (χ0) is 16.2. The summed E-state index contributed by atoms with van der Waals surface area (Å²) in [6.07, 6.45) is 9.28. The molecule has 0 aromatic heterocycles. The Morgan fingerprint density at radius 3 is 1.52 bits per heavy atom. The molecule has 1 nitrogen and oxygen atoms in total. The van der Waals surface area contributed by atoms with Gasteiger partial charge in [0, 0.05) is 30.0 Å². The third-order valence-electron chi connectivity index (χ3n) is 1.72. The van der Waals surface area contributed by atoms with Crippen LogP contribution in [0.3, 0.4) is 0 Å². The summed E-state index contributed by atoms with van der Waals surface area (Å²) in [5.74, 6) is -0.533. The third-order valence-corrected chi connectivity index (χ3v) is 2.00. The molecule has 0 aromatic rings. The van der Waals surface area contributed by atoms with Crippen molar-refractivity contribution >= 4 is 35.5 Å². The minimum Gasteiger partial charge on any atom is -0.233 e. The summed E-state index contributed by atoms with van der Waals surface area (Å²) in [6.45, 7) is 17.2. The molecule has 0 bridgehead atoms. The van der Waals surface area contributed by atoms with Gasteiger partial charge in [0.2, 0.25) is 0 Å². The van der Waals surface area contributed by atoms with Gasteiger partial charge in [0.05, 0.1) is 6.20 Å². The van der Waals surface area contributed by atoms with Crippen LogP contribution in [-0.4, -0.2) is 23.9 Å². The van der Waals surface area contributed by atoms with Gasteiger partial charge in [0.15, 0.2) is 11.0 Å². The number of rotatable bonds is 3. The van der Waals surface area contributed by atoms with Crippen LogP contribution in [-0.2, 0) is 0 Å². The summed E-state index contributed by atoms with van der Waals surface area (Å²) in [5.41, 5.74) is 2.43. The van der Waals surface area contributed by atoms with Gasteiger partial charge in [0.1, 0.15) is 0 Å². The zero-order valence-electron chi connectivity index (χ0n) is 13.7. The smallest absolute Gasteiger partial charge is 0.168 e. The molecule has 0 atom stereocenters. The van der Waals surface area contributed by atoms with Crippen molar-refractivity contribution in [2.24, 2.45) is 0 Å². The average Bonchev–Trinajstić information content (AvgIpc) is 2.51. The summed E-state index contributed by atoms with van der Waals surface area (Å²) in [5, 5.41) is 3.31. The quantitative estimate of drug-likeness (QED) is 0.296. The van der Waals surface area contributed by atoms with E-state index in [1.807, 2.05) is 0 Å². The molecule has 1 rings (SSSR count). The van der Waals surface area contributed by atoms with E-state index in [0.29, 0.717) is 0 Å². The Hall–Kier alpha value is 0.0787. The number of halogens is 2. The molecule has 1 aliphatic rings. The van der Waals surface area contributed by atoms with Gasteiger partial charge in [-0.2, -0.15) is 0 Å². The molecule has 0 aliphatic carbocycles. The van der Waals surface area contributed by atoms with E-state index in [1.165, 1.54) is 25.5 Å². The summed E-state index contributed by atoms with van der Waals surface area (Å²) in [7, 11) is 0. The van der Waals surface area contributed by atoms with Gasteiger partial charge >= 0.3 is 0 Å². The Bertz CT molecular complexity index is 256. The second kappa shape index (κ2) is 28.3. The third kappa shape index (κ3) is 33.1. The number of unbranched alkanes of at least 4 members (excludes halogenated alkanes) is 3. The van der Waals surface area contributed by atoms with Crippen molar-refractivity contribution in [3.05, 3.63) is 49.8 Å². The molecule has 0 unspecified atom stereocenters. The van der Waals surface area contributed by atoms with Gasteiger partial charge in [0.25, 0.3) is 0 Å². The maximum Gasteiger partial charge on any atom is 0.168 e. The molecule has 1 aliphatic heterocycles. The van der Waals surface area contributed by atoms with E-state index < -0.39 is 5.83 Å². The Balaban J connectivity index is -0.0000000973. The maximum absolute atomic E-state index is 12.1. The van der Waals surface area contributed by atoms with Crippen LogP contribution in [0.15, 0.2) is 29.0 Å². The summed E-state index contributed by atoms with van der Waals surface area (Å²) < 4.78 is 12.1. The predicted octanol–water partition coefficient (Wildman–Crippen LogP) is 6.13.